The fraction of sp³-hybridized carbons (Fsp3) is 0.435. The van der Waals surface area contributed by atoms with E-state index in [9.17, 15) is 13.9 Å². The summed E-state index contributed by atoms with van der Waals surface area (Å²) in [5.74, 6) is 0.0574. The maximum absolute atomic E-state index is 14.9. The molecule has 0 unspecified atom stereocenters. The molecule has 0 radical (unpaired) electrons. The number of phenols is 1. The highest BCUT2D eigenvalue weighted by atomic mass is 32.2. The van der Waals surface area contributed by atoms with Gasteiger partial charge in [0, 0.05) is 12.6 Å². The van der Waals surface area contributed by atoms with Crippen molar-refractivity contribution in [3.05, 3.63) is 36.4 Å². The molecule has 0 bridgehead atoms. The van der Waals surface area contributed by atoms with Crippen molar-refractivity contribution in [3.63, 3.8) is 0 Å². The maximum Gasteiger partial charge on any atom is 0.187 e. The van der Waals surface area contributed by atoms with Crippen molar-refractivity contribution in [2.45, 2.75) is 50.0 Å². The van der Waals surface area contributed by atoms with Gasteiger partial charge in [-0.15, -0.1) is 10.2 Å². The summed E-state index contributed by atoms with van der Waals surface area (Å²) in [6, 6.07) is 4.38. The lowest BCUT2D eigenvalue weighted by atomic mass is 9.82. The monoisotopic (exact) mass is 472 g/mol. The van der Waals surface area contributed by atoms with Gasteiger partial charge in [0.15, 0.2) is 22.6 Å². The first kappa shape index (κ1) is 23.3. The SMILES string of the molecule is CC[C@@H]1CCC[C@H](N(C)c2cnc(-c3ccc(-c4nc(SC)ncc4F)cc3O)nn2)[C@@H]1F. The van der Waals surface area contributed by atoms with Crippen molar-refractivity contribution in [2.75, 3.05) is 18.2 Å². The van der Waals surface area contributed by atoms with Crippen LogP contribution in [0.15, 0.2) is 35.7 Å². The second-order valence-electron chi connectivity index (χ2n) is 8.15. The van der Waals surface area contributed by atoms with Crippen LogP contribution in [0.5, 0.6) is 5.75 Å². The van der Waals surface area contributed by atoms with Crippen LogP contribution in [0.2, 0.25) is 0 Å². The number of hydrogen-bond acceptors (Lipinski definition) is 8. The van der Waals surface area contributed by atoms with E-state index in [2.05, 4.69) is 25.1 Å². The fourth-order valence-corrected chi connectivity index (χ4v) is 4.64. The van der Waals surface area contributed by atoms with Gasteiger partial charge in [0.1, 0.15) is 17.6 Å². The molecule has 33 heavy (non-hydrogen) atoms. The molecule has 2 aromatic heterocycles. The standard InChI is InChI=1S/C23H26F2N6OS/c1-4-13-6-5-7-17(20(13)25)31(2)19-12-26-22(30-29-19)15-9-8-14(10-18(15)32)21-16(24)11-27-23(28-21)33-3/h8-13,17,20,32H,4-7H2,1-3H3/t13-,17+,20-/m1/s1. The van der Waals surface area contributed by atoms with Crippen LogP contribution in [-0.2, 0) is 0 Å². The lowest BCUT2D eigenvalue weighted by Gasteiger charge is -2.38. The topological polar surface area (TPSA) is 87.9 Å². The third-order valence-electron chi connectivity index (χ3n) is 6.24. The summed E-state index contributed by atoms with van der Waals surface area (Å²) in [5, 5.41) is 19.4. The smallest absolute Gasteiger partial charge is 0.187 e. The molecule has 3 atom stereocenters. The Morgan fingerprint density at radius 3 is 2.67 bits per heavy atom. The molecule has 0 saturated heterocycles. The number of hydrogen-bond donors (Lipinski definition) is 1. The summed E-state index contributed by atoms with van der Waals surface area (Å²) in [4.78, 5) is 14.2. The Labute approximate surface area is 195 Å². The summed E-state index contributed by atoms with van der Waals surface area (Å²) < 4.78 is 29.1. The van der Waals surface area contributed by atoms with Gasteiger partial charge in [0.2, 0.25) is 0 Å². The molecule has 10 heteroatoms. The Bertz CT molecular complexity index is 1120. The summed E-state index contributed by atoms with van der Waals surface area (Å²) in [7, 11) is 1.81. The summed E-state index contributed by atoms with van der Waals surface area (Å²) >= 11 is 1.30. The van der Waals surface area contributed by atoms with Gasteiger partial charge in [0.25, 0.3) is 0 Å². The number of benzene rings is 1. The second kappa shape index (κ2) is 9.94. The quantitative estimate of drug-likeness (QED) is 0.400. The van der Waals surface area contributed by atoms with E-state index in [1.54, 1.807) is 23.3 Å². The van der Waals surface area contributed by atoms with Crippen molar-refractivity contribution in [2.24, 2.45) is 5.92 Å². The third-order valence-corrected chi connectivity index (χ3v) is 6.80. The first-order valence-electron chi connectivity index (χ1n) is 10.9. The molecule has 174 valence electrons. The first-order chi connectivity index (χ1) is 15.9. The molecule has 1 fully saturated rings. The van der Waals surface area contributed by atoms with E-state index >= 15 is 0 Å². The molecule has 1 aromatic carbocycles. The van der Waals surface area contributed by atoms with Crippen molar-refractivity contribution >= 4 is 17.6 Å². The molecular weight excluding hydrogens is 446 g/mol. The summed E-state index contributed by atoms with van der Waals surface area (Å²) in [5.41, 5.74) is 0.866. The van der Waals surface area contributed by atoms with Crippen molar-refractivity contribution in [1.29, 1.82) is 0 Å². The Balaban J connectivity index is 1.56. The lowest BCUT2D eigenvalue weighted by Crippen LogP contribution is -2.45. The van der Waals surface area contributed by atoms with E-state index in [1.807, 2.05) is 14.0 Å². The fourth-order valence-electron chi connectivity index (χ4n) is 4.30. The highest BCUT2D eigenvalue weighted by Crippen LogP contribution is 2.35. The van der Waals surface area contributed by atoms with Crippen LogP contribution in [0, 0.1) is 11.7 Å². The predicted molar refractivity (Wildman–Crippen MR) is 124 cm³/mol. The number of anilines is 1. The minimum Gasteiger partial charge on any atom is -0.507 e. The minimum atomic E-state index is -0.916. The molecular formula is C23H26F2N6OS. The zero-order chi connectivity index (χ0) is 23.5. The van der Waals surface area contributed by atoms with E-state index in [0.29, 0.717) is 22.1 Å². The first-order valence-corrected chi connectivity index (χ1v) is 12.1. The van der Waals surface area contributed by atoms with Gasteiger partial charge in [0.05, 0.1) is 24.0 Å². The zero-order valence-corrected chi connectivity index (χ0v) is 19.6. The second-order valence-corrected chi connectivity index (χ2v) is 8.92. The Kier molecular flexibility index (Phi) is 7.02. The third kappa shape index (κ3) is 4.75. The molecule has 1 aliphatic rings. The van der Waals surface area contributed by atoms with Crippen LogP contribution in [0.4, 0.5) is 14.6 Å². The number of halogens is 2. The van der Waals surface area contributed by atoms with Crippen LogP contribution in [0.1, 0.15) is 32.6 Å². The van der Waals surface area contributed by atoms with Gasteiger partial charge < -0.3 is 10.0 Å². The van der Waals surface area contributed by atoms with Crippen molar-refractivity contribution in [3.8, 4) is 28.4 Å². The maximum atomic E-state index is 14.9. The van der Waals surface area contributed by atoms with Crippen LogP contribution < -0.4 is 4.90 Å². The molecule has 2 heterocycles. The van der Waals surface area contributed by atoms with E-state index in [4.69, 9.17) is 0 Å². The molecule has 4 rings (SSSR count). The van der Waals surface area contributed by atoms with E-state index in [1.165, 1.54) is 24.0 Å². The molecule has 1 aliphatic carbocycles. The normalized spacial score (nSPS) is 20.6. The lowest BCUT2D eigenvalue weighted by molar-refractivity contribution is 0.134. The Morgan fingerprint density at radius 1 is 1.18 bits per heavy atom. The van der Waals surface area contributed by atoms with Gasteiger partial charge in [-0.1, -0.05) is 37.6 Å². The van der Waals surface area contributed by atoms with E-state index < -0.39 is 12.0 Å². The van der Waals surface area contributed by atoms with Gasteiger partial charge >= 0.3 is 0 Å². The summed E-state index contributed by atoms with van der Waals surface area (Å²) in [6.45, 7) is 2.02. The van der Waals surface area contributed by atoms with Gasteiger partial charge in [-0.3, -0.25) is 0 Å². The average molecular weight is 473 g/mol. The molecule has 7 nitrogen and oxygen atoms in total. The summed E-state index contributed by atoms with van der Waals surface area (Å²) in [6.07, 6.45) is 7.01. The van der Waals surface area contributed by atoms with Crippen LogP contribution >= 0.6 is 11.8 Å². The Morgan fingerprint density at radius 2 is 2.00 bits per heavy atom. The molecule has 1 N–H and O–H groups in total. The van der Waals surface area contributed by atoms with Crippen LogP contribution in [0.3, 0.4) is 0 Å². The zero-order valence-electron chi connectivity index (χ0n) is 18.7. The number of alkyl halides is 1. The number of aromatic hydroxyl groups is 1. The Hall–Kier alpha value is -2.88. The largest absolute Gasteiger partial charge is 0.507 e. The van der Waals surface area contributed by atoms with Gasteiger partial charge in [-0.25, -0.2) is 23.7 Å². The number of thioether (sulfide) groups is 1. The van der Waals surface area contributed by atoms with Crippen LogP contribution in [0.25, 0.3) is 22.6 Å². The minimum absolute atomic E-state index is 0.0635. The average Bonchev–Trinajstić information content (AvgIpc) is 2.84. The predicted octanol–water partition coefficient (Wildman–Crippen LogP) is 4.92. The number of phenolic OH excluding ortho intramolecular Hbond substituents is 1. The van der Waals surface area contributed by atoms with E-state index in [0.717, 1.165) is 31.9 Å². The molecule has 3 aromatic rings. The number of aromatic nitrogens is 5. The van der Waals surface area contributed by atoms with Gasteiger partial charge in [-0.05, 0) is 37.1 Å². The molecule has 0 aliphatic heterocycles. The molecule has 0 amide bonds. The van der Waals surface area contributed by atoms with Crippen LogP contribution in [-0.4, -0.2) is 55.8 Å². The van der Waals surface area contributed by atoms with Crippen molar-refractivity contribution < 1.29 is 13.9 Å². The highest BCUT2D eigenvalue weighted by Gasteiger charge is 2.35. The molecule has 0 spiro atoms. The van der Waals surface area contributed by atoms with E-state index in [-0.39, 0.29) is 29.2 Å². The van der Waals surface area contributed by atoms with Crippen molar-refractivity contribution in [1.82, 2.24) is 25.1 Å². The number of nitrogens with zero attached hydrogens (tertiary/aromatic N) is 6. The van der Waals surface area contributed by atoms with Gasteiger partial charge in [-0.2, -0.15) is 0 Å². The molecule has 1 saturated carbocycles. The highest BCUT2D eigenvalue weighted by molar-refractivity contribution is 7.98. The number of rotatable bonds is 6.